The molecule has 1 heterocycles. The van der Waals surface area contributed by atoms with Crippen molar-refractivity contribution >= 4 is 29.9 Å². The van der Waals surface area contributed by atoms with Crippen molar-refractivity contribution in [2.75, 3.05) is 39.8 Å². The van der Waals surface area contributed by atoms with Crippen LogP contribution < -0.4 is 16.0 Å². The summed E-state index contributed by atoms with van der Waals surface area (Å²) >= 11 is 0. The van der Waals surface area contributed by atoms with Gasteiger partial charge >= 0.3 is 0 Å². The fraction of sp³-hybridized carbons (Fsp3) is 0.938. The first kappa shape index (κ1) is 21.9. The third-order valence-electron chi connectivity index (χ3n) is 3.76. The van der Waals surface area contributed by atoms with Gasteiger partial charge in [-0.15, -0.1) is 24.0 Å². The van der Waals surface area contributed by atoms with E-state index in [1.165, 1.54) is 38.9 Å². The Hall–Kier alpha value is -0.0800. The van der Waals surface area contributed by atoms with Crippen molar-refractivity contribution in [2.24, 2.45) is 4.99 Å². The lowest BCUT2D eigenvalue weighted by atomic mass is 10.1. The van der Waals surface area contributed by atoms with E-state index in [4.69, 9.17) is 0 Å². The number of hydrogen-bond acceptors (Lipinski definition) is 3. The molecule has 0 aromatic carbocycles. The summed E-state index contributed by atoms with van der Waals surface area (Å²) < 4.78 is 0. The van der Waals surface area contributed by atoms with E-state index in [2.05, 4.69) is 53.5 Å². The Morgan fingerprint density at radius 1 is 1.18 bits per heavy atom. The van der Waals surface area contributed by atoms with Crippen LogP contribution in [0, 0.1) is 0 Å². The van der Waals surface area contributed by atoms with Gasteiger partial charge in [-0.05, 0) is 46.6 Å². The zero-order valence-electron chi connectivity index (χ0n) is 15.0. The molecule has 0 aromatic heterocycles. The minimum atomic E-state index is 0. The summed E-state index contributed by atoms with van der Waals surface area (Å²) in [6.07, 6.45) is 3.67. The summed E-state index contributed by atoms with van der Waals surface area (Å²) in [7, 11) is 1.85. The molecular weight excluding hydrogens is 389 g/mol. The maximum Gasteiger partial charge on any atom is 0.191 e. The number of piperidine rings is 1. The van der Waals surface area contributed by atoms with Crippen LogP contribution in [0.3, 0.4) is 0 Å². The van der Waals surface area contributed by atoms with E-state index in [1.54, 1.807) is 0 Å². The lowest BCUT2D eigenvalue weighted by molar-refractivity contribution is 0.206. The molecule has 0 atom stereocenters. The molecule has 5 nitrogen and oxygen atoms in total. The maximum atomic E-state index is 4.32. The molecule has 1 rings (SSSR count). The molecule has 0 aromatic rings. The lowest BCUT2D eigenvalue weighted by Gasteiger charge is -2.32. The van der Waals surface area contributed by atoms with E-state index >= 15 is 0 Å². The van der Waals surface area contributed by atoms with Gasteiger partial charge < -0.3 is 20.9 Å². The molecular formula is C16H36IN5. The molecule has 0 bridgehead atoms. The first-order valence-electron chi connectivity index (χ1n) is 8.39. The highest BCUT2D eigenvalue weighted by atomic mass is 127. The molecule has 0 unspecified atom stereocenters. The van der Waals surface area contributed by atoms with Gasteiger partial charge in [-0.1, -0.05) is 6.92 Å². The average molecular weight is 425 g/mol. The summed E-state index contributed by atoms with van der Waals surface area (Å²) in [5, 5.41) is 10.4. The van der Waals surface area contributed by atoms with Crippen LogP contribution in [0.25, 0.3) is 0 Å². The Kier molecular flexibility index (Phi) is 11.4. The molecule has 1 aliphatic heterocycles. The Bertz CT molecular complexity index is 306. The molecule has 0 amide bonds. The zero-order chi connectivity index (χ0) is 15.7. The van der Waals surface area contributed by atoms with E-state index in [0.717, 1.165) is 19.0 Å². The Labute approximate surface area is 154 Å². The van der Waals surface area contributed by atoms with Crippen molar-refractivity contribution in [3.05, 3.63) is 0 Å². The molecule has 0 spiro atoms. The van der Waals surface area contributed by atoms with Gasteiger partial charge in [0.1, 0.15) is 0 Å². The molecule has 1 aliphatic rings. The van der Waals surface area contributed by atoms with Crippen LogP contribution in [-0.4, -0.2) is 62.2 Å². The number of nitrogens with zero attached hydrogens (tertiary/aromatic N) is 2. The normalized spacial score (nSPS) is 18.0. The van der Waals surface area contributed by atoms with Crippen LogP contribution in [0.15, 0.2) is 4.99 Å². The van der Waals surface area contributed by atoms with Crippen LogP contribution in [-0.2, 0) is 0 Å². The number of likely N-dealkylation sites (tertiary alicyclic amines) is 1. The smallest absolute Gasteiger partial charge is 0.191 e. The summed E-state index contributed by atoms with van der Waals surface area (Å²) in [6, 6.07) is 0.555. The van der Waals surface area contributed by atoms with E-state index in [-0.39, 0.29) is 29.5 Å². The minimum Gasteiger partial charge on any atom is -0.355 e. The molecule has 132 valence electrons. The Morgan fingerprint density at radius 2 is 1.82 bits per heavy atom. The largest absolute Gasteiger partial charge is 0.355 e. The number of nitrogens with one attached hydrogen (secondary N) is 3. The highest BCUT2D eigenvalue weighted by molar-refractivity contribution is 14.0. The van der Waals surface area contributed by atoms with Crippen LogP contribution in [0.5, 0.6) is 0 Å². The number of aliphatic imine (C=N–C) groups is 1. The quantitative estimate of drug-likeness (QED) is 0.264. The maximum absolute atomic E-state index is 4.32. The van der Waals surface area contributed by atoms with Gasteiger partial charge in [0, 0.05) is 44.8 Å². The van der Waals surface area contributed by atoms with Gasteiger partial charge in [0.25, 0.3) is 0 Å². The van der Waals surface area contributed by atoms with Gasteiger partial charge in [-0.2, -0.15) is 0 Å². The van der Waals surface area contributed by atoms with Crippen LogP contribution in [0.4, 0.5) is 0 Å². The van der Waals surface area contributed by atoms with Gasteiger partial charge in [-0.25, -0.2) is 0 Å². The topological polar surface area (TPSA) is 51.7 Å². The molecule has 22 heavy (non-hydrogen) atoms. The SMILES string of the molecule is CCCN1CCC(NC(=NC)NCCNC(C)(C)C)CC1.I. The lowest BCUT2D eigenvalue weighted by Crippen LogP contribution is -2.50. The number of halogens is 1. The van der Waals surface area contributed by atoms with Gasteiger partial charge in [0.05, 0.1) is 0 Å². The number of guanidine groups is 1. The monoisotopic (exact) mass is 425 g/mol. The second kappa shape index (κ2) is 11.5. The van der Waals surface area contributed by atoms with Gasteiger partial charge in [-0.3, -0.25) is 4.99 Å². The summed E-state index contributed by atoms with van der Waals surface area (Å²) in [5.41, 5.74) is 0.171. The zero-order valence-corrected chi connectivity index (χ0v) is 17.4. The first-order chi connectivity index (χ1) is 9.94. The molecule has 0 aliphatic carbocycles. The van der Waals surface area contributed by atoms with Gasteiger partial charge in [0.15, 0.2) is 5.96 Å². The Morgan fingerprint density at radius 3 is 2.32 bits per heavy atom. The summed E-state index contributed by atoms with van der Waals surface area (Å²) in [4.78, 5) is 6.88. The summed E-state index contributed by atoms with van der Waals surface area (Å²) in [6.45, 7) is 14.3. The molecule has 6 heteroatoms. The minimum absolute atomic E-state index is 0. The van der Waals surface area contributed by atoms with Crippen molar-refractivity contribution < 1.29 is 0 Å². The van der Waals surface area contributed by atoms with Crippen molar-refractivity contribution in [3.63, 3.8) is 0 Å². The highest BCUT2D eigenvalue weighted by Crippen LogP contribution is 2.10. The van der Waals surface area contributed by atoms with E-state index in [9.17, 15) is 0 Å². The van der Waals surface area contributed by atoms with Crippen LogP contribution in [0.1, 0.15) is 47.0 Å². The van der Waals surface area contributed by atoms with E-state index in [0.29, 0.717) is 6.04 Å². The highest BCUT2D eigenvalue weighted by Gasteiger charge is 2.19. The standard InChI is InChI=1S/C16H35N5.HI/c1-6-11-21-12-7-14(8-13-21)20-15(17-5)18-9-10-19-16(2,3)4;/h14,19H,6-13H2,1-5H3,(H2,17,18,20);1H. The molecule has 3 N–H and O–H groups in total. The predicted molar refractivity (Wildman–Crippen MR) is 107 cm³/mol. The second-order valence-corrected chi connectivity index (χ2v) is 6.94. The average Bonchev–Trinajstić information content (AvgIpc) is 2.43. The summed E-state index contributed by atoms with van der Waals surface area (Å²) in [5.74, 6) is 0.930. The number of hydrogen-bond donors (Lipinski definition) is 3. The van der Waals surface area contributed by atoms with Crippen LogP contribution in [0.2, 0.25) is 0 Å². The van der Waals surface area contributed by atoms with E-state index in [1.807, 2.05) is 7.05 Å². The Balaban J connectivity index is 0.00000441. The fourth-order valence-electron chi connectivity index (χ4n) is 2.62. The molecule has 1 fully saturated rings. The fourth-order valence-corrected chi connectivity index (χ4v) is 2.62. The predicted octanol–water partition coefficient (Wildman–Crippen LogP) is 2.03. The third-order valence-corrected chi connectivity index (χ3v) is 3.76. The second-order valence-electron chi connectivity index (χ2n) is 6.94. The van der Waals surface area contributed by atoms with Crippen molar-refractivity contribution in [3.8, 4) is 0 Å². The van der Waals surface area contributed by atoms with Crippen LogP contribution >= 0.6 is 24.0 Å². The van der Waals surface area contributed by atoms with Crippen molar-refractivity contribution in [1.82, 2.24) is 20.9 Å². The van der Waals surface area contributed by atoms with E-state index < -0.39 is 0 Å². The van der Waals surface area contributed by atoms with Gasteiger partial charge in [0.2, 0.25) is 0 Å². The van der Waals surface area contributed by atoms with Crippen molar-refractivity contribution in [2.45, 2.75) is 58.5 Å². The molecule has 1 saturated heterocycles. The third kappa shape index (κ3) is 9.84. The molecule has 0 saturated carbocycles. The molecule has 0 radical (unpaired) electrons. The number of rotatable bonds is 6. The first-order valence-corrected chi connectivity index (χ1v) is 8.39. The van der Waals surface area contributed by atoms with Crippen molar-refractivity contribution in [1.29, 1.82) is 0 Å².